The van der Waals surface area contributed by atoms with Gasteiger partial charge >= 0.3 is 5.97 Å². The molecule has 0 unspecified atom stereocenters. The van der Waals surface area contributed by atoms with E-state index in [2.05, 4.69) is 33.8 Å². The Morgan fingerprint density at radius 3 is 2.52 bits per heavy atom. The highest BCUT2D eigenvalue weighted by Gasteiger charge is 2.23. The summed E-state index contributed by atoms with van der Waals surface area (Å²) in [5.41, 5.74) is 3.91. The molecule has 0 radical (unpaired) electrons. The van der Waals surface area contributed by atoms with Crippen LogP contribution in [0.4, 0.5) is 0 Å². The van der Waals surface area contributed by atoms with E-state index in [1.165, 1.54) is 16.9 Å². The molecular weight excluding hydrogens is 332 g/mol. The molecule has 2 heterocycles. The minimum absolute atomic E-state index is 0.145. The van der Waals surface area contributed by atoms with Gasteiger partial charge in [-0.3, -0.25) is 0 Å². The molecule has 3 rings (SSSR count). The molecule has 0 aliphatic rings. The Kier molecular flexibility index (Phi) is 4.52. The van der Waals surface area contributed by atoms with E-state index in [-0.39, 0.29) is 11.4 Å². The van der Waals surface area contributed by atoms with Crippen LogP contribution in [0.3, 0.4) is 0 Å². The fourth-order valence-electron chi connectivity index (χ4n) is 2.56. The number of hydrogen-bond acceptors (Lipinski definition) is 4. The maximum Gasteiger partial charge on any atom is 0.355 e. The van der Waals surface area contributed by atoms with Crippen molar-refractivity contribution in [3.8, 4) is 11.6 Å². The van der Waals surface area contributed by atoms with Gasteiger partial charge in [0.2, 0.25) is 5.88 Å². The van der Waals surface area contributed by atoms with Crippen molar-refractivity contribution in [1.29, 1.82) is 0 Å². The molecule has 0 aliphatic carbocycles. The van der Waals surface area contributed by atoms with Crippen LogP contribution < -0.4 is 4.74 Å². The van der Waals surface area contributed by atoms with E-state index < -0.39 is 0 Å². The van der Waals surface area contributed by atoms with Crippen molar-refractivity contribution in [2.45, 2.75) is 40.0 Å². The lowest BCUT2D eigenvalue weighted by molar-refractivity contribution is 0.0728. The highest BCUT2D eigenvalue weighted by molar-refractivity contribution is 7.12. The van der Waals surface area contributed by atoms with E-state index in [0.29, 0.717) is 10.8 Å². The van der Waals surface area contributed by atoms with E-state index in [4.69, 9.17) is 9.84 Å². The van der Waals surface area contributed by atoms with Crippen molar-refractivity contribution in [3.63, 3.8) is 0 Å². The Bertz CT molecular complexity index is 902. The number of benzene rings is 1. The van der Waals surface area contributed by atoms with Crippen molar-refractivity contribution in [2.75, 3.05) is 0 Å². The first-order valence-corrected chi connectivity index (χ1v) is 9.07. The van der Waals surface area contributed by atoms with Crippen LogP contribution in [0.2, 0.25) is 0 Å². The van der Waals surface area contributed by atoms with Gasteiger partial charge in [0.25, 0.3) is 0 Å². The number of hydrogen-bond donors (Lipinski definition) is 0. The van der Waals surface area contributed by atoms with E-state index in [1.54, 1.807) is 10.7 Å². The zero-order chi connectivity index (χ0) is 18.2. The lowest BCUT2D eigenvalue weighted by atomic mass is 9.93. The third-order valence-corrected chi connectivity index (χ3v) is 4.80. The maximum atomic E-state index is 12.4. The molecule has 5 heteroatoms. The van der Waals surface area contributed by atoms with Gasteiger partial charge < -0.3 is 4.74 Å². The molecule has 25 heavy (non-hydrogen) atoms. The standard InChI is InChI=1S/C20H22N2O2S/c1-13-8-9-15(14(2)11-13)22-18(12-17(21-22)20(3,4)5)24-19(23)16-7-6-10-25-16/h6-12H,1-5H3. The number of aryl methyl sites for hydroxylation is 2. The van der Waals surface area contributed by atoms with Crippen LogP contribution in [0.1, 0.15) is 47.3 Å². The highest BCUT2D eigenvalue weighted by Crippen LogP contribution is 2.29. The van der Waals surface area contributed by atoms with Crippen LogP contribution in [0.5, 0.6) is 5.88 Å². The second-order valence-corrected chi connectivity index (χ2v) is 8.13. The summed E-state index contributed by atoms with van der Waals surface area (Å²) in [6.45, 7) is 10.4. The van der Waals surface area contributed by atoms with E-state index in [9.17, 15) is 4.79 Å². The molecule has 0 saturated heterocycles. The molecule has 0 atom stereocenters. The van der Waals surface area contributed by atoms with Gasteiger partial charge in [-0.2, -0.15) is 5.10 Å². The van der Waals surface area contributed by atoms with E-state index in [1.807, 2.05) is 36.6 Å². The number of aromatic nitrogens is 2. The molecule has 0 amide bonds. The number of esters is 1. The van der Waals surface area contributed by atoms with Gasteiger partial charge in [-0.1, -0.05) is 44.5 Å². The van der Waals surface area contributed by atoms with Crippen LogP contribution >= 0.6 is 11.3 Å². The van der Waals surface area contributed by atoms with E-state index >= 15 is 0 Å². The number of carbonyl (C=O) groups is 1. The van der Waals surface area contributed by atoms with Gasteiger partial charge in [-0.05, 0) is 36.9 Å². The van der Waals surface area contributed by atoms with Crippen molar-refractivity contribution in [1.82, 2.24) is 9.78 Å². The first-order chi connectivity index (χ1) is 11.8. The molecule has 0 bridgehead atoms. The molecule has 1 aromatic carbocycles. The molecule has 3 aromatic rings. The molecule has 130 valence electrons. The first kappa shape index (κ1) is 17.4. The lowest BCUT2D eigenvalue weighted by Gasteiger charge is -2.14. The molecule has 2 aromatic heterocycles. The van der Waals surface area contributed by atoms with Crippen molar-refractivity contribution >= 4 is 17.3 Å². The minimum atomic E-state index is -0.360. The topological polar surface area (TPSA) is 44.1 Å². The predicted molar refractivity (Wildman–Crippen MR) is 101 cm³/mol. The molecule has 4 nitrogen and oxygen atoms in total. The van der Waals surface area contributed by atoms with Gasteiger partial charge in [-0.25, -0.2) is 9.48 Å². The van der Waals surface area contributed by atoms with Crippen molar-refractivity contribution < 1.29 is 9.53 Å². The van der Waals surface area contributed by atoms with Crippen LogP contribution in [-0.2, 0) is 5.41 Å². The Morgan fingerprint density at radius 1 is 1.16 bits per heavy atom. The number of rotatable bonds is 3. The zero-order valence-corrected chi connectivity index (χ0v) is 16.0. The quantitative estimate of drug-likeness (QED) is 0.617. The number of nitrogens with zero attached hydrogens (tertiary/aromatic N) is 2. The molecule has 0 saturated carbocycles. The van der Waals surface area contributed by atoms with Crippen LogP contribution in [0.15, 0.2) is 41.8 Å². The van der Waals surface area contributed by atoms with Gasteiger partial charge in [0.05, 0.1) is 11.4 Å². The zero-order valence-electron chi connectivity index (χ0n) is 15.2. The fourth-order valence-corrected chi connectivity index (χ4v) is 3.16. The second kappa shape index (κ2) is 6.48. The summed E-state index contributed by atoms with van der Waals surface area (Å²) in [4.78, 5) is 13.0. The van der Waals surface area contributed by atoms with Gasteiger partial charge in [-0.15, -0.1) is 11.3 Å². The van der Waals surface area contributed by atoms with Crippen LogP contribution in [-0.4, -0.2) is 15.7 Å². The minimum Gasteiger partial charge on any atom is -0.403 e. The van der Waals surface area contributed by atoms with Crippen molar-refractivity contribution in [3.05, 3.63) is 63.5 Å². The SMILES string of the molecule is Cc1ccc(-n2nc(C(C)(C)C)cc2OC(=O)c2cccs2)c(C)c1. The summed E-state index contributed by atoms with van der Waals surface area (Å²) in [6, 6.07) is 11.6. The Balaban J connectivity index is 2.06. The van der Waals surface area contributed by atoms with Crippen LogP contribution in [0, 0.1) is 13.8 Å². The van der Waals surface area contributed by atoms with Gasteiger partial charge in [0.15, 0.2) is 0 Å². The smallest absolute Gasteiger partial charge is 0.355 e. The Morgan fingerprint density at radius 2 is 1.92 bits per heavy atom. The molecule has 0 fully saturated rings. The van der Waals surface area contributed by atoms with Gasteiger partial charge in [0, 0.05) is 11.5 Å². The summed E-state index contributed by atoms with van der Waals surface area (Å²) < 4.78 is 7.40. The van der Waals surface area contributed by atoms with Crippen LogP contribution in [0.25, 0.3) is 5.69 Å². The summed E-state index contributed by atoms with van der Waals surface area (Å²) in [6.07, 6.45) is 0. The predicted octanol–water partition coefficient (Wildman–Crippen LogP) is 5.07. The first-order valence-electron chi connectivity index (χ1n) is 8.19. The lowest BCUT2D eigenvalue weighted by Crippen LogP contribution is -2.13. The van der Waals surface area contributed by atoms with Crippen molar-refractivity contribution in [2.24, 2.45) is 0 Å². The van der Waals surface area contributed by atoms with Gasteiger partial charge in [0.1, 0.15) is 4.88 Å². The van der Waals surface area contributed by atoms with E-state index in [0.717, 1.165) is 16.9 Å². The summed E-state index contributed by atoms with van der Waals surface area (Å²) in [5.74, 6) is 0.0802. The average molecular weight is 354 g/mol. The Labute approximate surface area is 152 Å². The maximum absolute atomic E-state index is 12.4. The third-order valence-electron chi connectivity index (χ3n) is 3.95. The summed E-state index contributed by atoms with van der Waals surface area (Å²) in [7, 11) is 0. The number of thiophene rings is 1. The molecule has 0 N–H and O–H groups in total. The largest absolute Gasteiger partial charge is 0.403 e. The number of ether oxygens (including phenoxy) is 1. The molecule has 0 aliphatic heterocycles. The number of carbonyl (C=O) groups excluding carboxylic acids is 1. The summed E-state index contributed by atoms with van der Waals surface area (Å²) >= 11 is 1.37. The third kappa shape index (κ3) is 3.66. The average Bonchev–Trinajstić information content (AvgIpc) is 3.16. The summed E-state index contributed by atoms with van der Waals surface area (Å²) in [5, 5.41) is 6.58. The normalized spacial score (nSPS) is 11.6. The molecular formula is C20H22N2O2S. The molecule has 0 spiro atoms. The monoisotopic (exact) mass is 354 g/mol. The fraction of sp³-hybridized carbons (Fsp3) is 0.300. The Hall–Kier alpha value is -2.40. The second-order valence-electron chi connectivity index (χ2n) is 7.19. The highest BCUT2D eigenvalue weighted by atomic mass is 32.1.